The van der Waals surface area contributed by atoms with E-state index in [4.69, 9.17) is 0 Å². The fourth-order valence-corrected chi connectivity index (χ4v) is 0.760. The summed E-state index contributed by atoms with van der Waals surface area (Å²) in [5.74, 6) is 0. The van der Waals surface area contributed by atoms with Crippen LogP contribution in [-0.4, -0.2) is 32.2 Å². The predicted molar refractivity (Wildman–Crippen MR) is 60.1 cm³/mol. The molecule has 9 heteroatoms. The van der Waals surface area contributed by atoms with Crippen molar-refractivity contribution < 1.29 is 29.1 Å². The molecule has 0 saturated heterocycles. The predicted octanol–water partition coefficient (Wildman–Crippen LogP) is 1.38. The topological polar surface area (TPSA) is 40.6 Å². The van der Waals surface area contributed by atoms with Crippen molar-refractivity contribution in [2.75, 3.05) is 13.1 Å². The fourth-order valence-electron chi connectivity index (χ4n) is 0.381. The van der Waals surface area contributed by atoms with Crippen molar-refractivity contribution in [3.05, 3.63) is 0 Å². The third-order valence-electron chi connectivity index (χ3n) is 0.965. The number of rotatable bonds is 3. The summed E-state index contributed by atoms with van der Waals surface area (Å²) in [6.45, 7) is 0.502. The van der Waals surface area contributed by atoms with Crippen molar-refractivity contribution in [3.8, 4) is 0 Å². The largest absolute Gasteiger partial charge is 0.288 e. The first-order chi connectivity index (χ1) is 5.45. The Labute approximate surface area is 111 Å². The normalized spacial score (nSPS) is 8.62. The second-order valence-corrected chi connectivity index (χ2v) is 3.54. The number of carbonyl (C=O) groups excluding carboxylic acids is 2. The van der Waals surface area contributed by atoms with Crippen LogP contribution in [0.25, 0.3) is 0 Å². The van der Waals surface area contributed by atoms with Crippen molar-refractivity contribution in [1.29, 1.82) is 0 Å². The zero-order valence-electron chi connectivity index (χ0n) is 6.62. The van der Waals surface area contributed by atoms with Gasteiger partial charge in [-0.05, 0) is 0 Å². The van der Waals surface area contributed by atoms with Crippen LogP contribution in [0.5, 0.6) is 0 Å². The first kappa shape index (κ1) is 16.4. The fraction of sp³-hybridized carbons (Fsp3) is 0.500. The van der Waals surface area contributed by atoms with Crippen molar-refractivity contribution in [2.45, 2.75) is 0 Å². The first-order valence-electron chi connectivity index (χ1n) is 2.84. The third kappa shape index (κ3) is 7.99. The Bertz CT molecular complexity index is 173. The quantitative estimate of drug-likeness (QED) is 0.470. The minimum absolute atomic E-state index is 0. The number of hydrogen-bond acceptors (Lipinski definition) is 4. The van der Waals surface area contributed by atoms with E-state index < -0.39 is 10.5 Å². The van der Waals surface area contributed by atoms with Crippen LogP contribution in [0.3, 0.4) is 0 Å². The number of thiol groups is 4. The molecule has 0 atom stereocenters. The van der Waals surface area contributed by atoms with Crippen LogP contribution in [0, 0.1) is 0 Å². The summed E-state index contributed by atoms with van der Waals surface area (Å²) in [6.07, 6.45) is 0. The van der Waals surface area contributed by atoms with Gasteiger partial charge in [0.15, 0.2) is 0 Å². The summed E-state index contributed by atoms with van der Waals surface area (Å²) in [7, 11) is 0. The van der Waals surface area contributed by atoms with E-state index in [1.165, 1.54) is 0 Å². The van der Waals surface area contributed by atoms with Crippen molar-refractivity contribution >= 4 is 61.4 Å². The van der Waals surface area contributed by atoms with Crippen molar-refractivity contribution in [2.24, 2.45) is 0 Å². The SMILES string of the molecule is O=C(S)N(S)CCN(S)C(=O)S.[Zn]. The van der Waals surface area contributed by atoms with E-state index in [1.54, 1.807) is 0 Å². The van der Waals surface area contributed by atoms with E-state index in [0.717, 1.165) is 8.61 Å². The Kier molecular flexibility index (Phi) is 10.5. The molecule has 2 amide bonds. The van der Waals surface area contributed by atoms with E-state index in [-0.39, 0.29) is 32.6 Å². The number of carbonyl (C=O) groups is 2. The Balaban J connectivity index is 0. The molecule has 13 heavy (non-hydrogen) atoms. The van der Waals surface area contributed by atoms with Gasteiger partial charge in [-0.1, -0.05) is 50.9 Å². The van der Waals surface area contributed by atoms with E-state index in [2.05, 4.69) is 50.9 Å². The molecule has 0 aromatic rings. The van der Waals surface area contributed by atoms with Crippen LogP contribution in [0.4, 0.5) is 9.59 Å². The molecule has 0 N–H and O–H groups in total. The smallest absolute Gasteiger partial charge is 0.278 e. The summed E-state index contributed by atoms with van der Waals surface area (Å²) >= 11 is 14.6. The molecule has 0 aliphatic heterocycles. The van der Waals surface area contributed by atoms with Crippen LogP contribution in [0.15, 0.2) is 0 Å². The summed E-state index contributed by atoms with van der Waals surface area (Å²) in [5.41, 5.74) is 0. The molecule has 0 spiro atoms. The average Bonchev–Trinajstić information content (AvgIpc) is 1.98. The van der Waals surface area contributed by atoms with Gasteiger partial charge in [-0.3, -0.25) is 18.2 Å². The van der Waals surface area contributed by atoms with Gasteiger partial charge in [0.05, 0.1) is 13.1 Å². The van der Waals surface area contributed by atoms with Crippen molar-refractivity contribution in [1.82, 2.24) is 8.61 Å². The van der Waals surface area contributed by atoms with Gasteiger partial charge in [0.1, 0.15) is 0 Å². The van der Waals surface area contributed by atoms with Gasteiger partial charge in [0.25, 0.3) is 10.5 Å². The third-order valence-corrected chi connectivity index (χ3v) is 2.53. The van der Waals surface area contributed by atoms with Gasteiger partial charge in [0, 0.05) is 19.5 Å². The monoisotopic (exact) mass is 308 g/mol. The molecule has 72 valence electrons. The molecule has 0 aliphatic carbocycles. The Morgan fingerprint density at radius 1 is 0.923 bits per heavy atom. The van der Waals surface area contributed by atoms with Crippen molar-refractivity contribution in [3.63, 3.8) is 0 Å². The van der Waals surface area contributed by atoms with Gasteiger partial charge < -0.3 is 0 Å². The summed E-state index contributed by atoms with van der Waals surface area (Å²) in [6, 6.07) is 0. The van der Waals surface area contributed by atoms with Gasteiger partial charge in [-0.2, -0.15) is 0 Å². The Morgan fingerprint density at radius 2 is 1.15 bits per heavy atom. The molecule has 4 nitrogen and oxygen atoms in total. The molecule has 0 saturated carbocycles. The number of nitrogens with zero attached hydrogens (tertiary/aromatic N) is 2. The molecule has 0 aromatic carbocycles. The van der Waals surface area contributed by atoms with Crippen LogP contribution in [0.2, 0.25) is 0 Å². The van der Waals surface area contributed by atoms with E-state index in [0.29, 0.717) is 0 Å². The van der Waals surface area contributed by atoms with Crippen LogP contribution in [0.1, 0.15) is 0 Å². The number of hydrogen-bond donors (Lipinski definition) is 4. The van der Waals surface area contributed by atoms with Gasteiger partial charge in [-0.15, -0.1) is 0 Å². The maximum atomic E-state index is 10.5. The molecule has 0 heterocycles. The molecular weight excluding hydrogens is 302 g/mol. The van der Waals surface area contributed by atoms with Gasteiger partial charge in [-0.25, -0.2) is 0 Å². The van der Waals surface area contributed by atoms with Crippen LogP contribution >= 0.6 is 50.9 Å². The molecule has 0 bridgehead atoms. The second kappa shape index (κ2) is 8.29. The van der Waals surface area contributed by atoms with Crippen LogP contribution in [-0.2, 0) is 19.5 Å². The maximum Gasteiger partial charge on any atom is 0.288 e. The van der Waals surface area contributed by atoms with Gasteiger partial charge in [0.2, 0.25) is 0 Å². The standard InChI is InChI=1S/C4H8N2O2S4.Zn/c7-3(9)5(11)1-2-6(12)4(8)10;/h11-12H,1-2H2,(H,7,9)(H,8,10);. The molecular formula is C4H8N2O2S4Zn. The molecule has 0 aromatic heterocycles. The summed E-state index contributed by atoms with van der Waals surface area (Å²) < 4.78 is 2.12. The van der Waals surface area contributed by atoms with Crippen LogP contribution < -0.4 is 0 Å². The molecule has 0 aliphatic rings. The molecule has 0 unspecified atom stereocenters. The van der Waals surface area contributed by atoms with E-state index in [1.807, 2.05) is 0 Å². The molecule has 0 radical (unpaired) electrons. The molecule has 0 fully saturated rings. The average molecular weight is 310 g/mol. The Morgan fingerprint density at radius 3 is 1.31 bits per heavy atom. The first-order valence-corrected chi connectivity index (χ1v) is 4.53. The number of amides is 2. The maximum absolute atomic E-state index is 10.5. The minimum Gasteiger partial charge on any atom is -0.278 e. The van der Waals surface area contributed by atoms with E-state index >= 15 is 0 Å². The molecule has 0 rings (SSSR count). The van der Waals surface area contributed by atoms with E-state index in [9.17, 15) is 9.59 Å². The summed E-state index contributed by atoms with van der Waals surface area (Å²) in [4.78, 5) is 21.0. The van der Waals surface area contributed by atoms with Gasteiger partial charge >= 0.3 is 0 Å². The Hall–Kier alpha value is 0.963. The zero-order valence-corrected chi connectivity index (χ0v) is 13.2. The summed E-state index contributed by atoms with van der Waals surface area (Å²) in [5, 5.41) is -0.960. The minimum atomic E-state index is -0.480. The zero-order chi connectivity index (χ0) is 9.72. The second-order valence-electron chi connectivity index (χ2n) is 1.81.